The second kappa shape index (κ2) is 6.40. The van der Waals surface area contributed by atoms with Gasteiger partial charge in [-0.05, 0) is 0 Å². The smallest absolute Gasteiger partial charge is 0 e. The van der Waals surface area contributed by atoms with Gasteiger partial charge in [0.2, 0.25) is 0 Å². The van der Waals surface area contributed by atoms with E-state index in [9.17, 15) is 0 Å². The Hall–Kier alpha value is -0.603. The number of hydrogen-bond donors (Lipinski definition) is 0. The maximum absolute atomic E-state index is 2.00. The summed E-state index contributed by atoms with van der Waals surface area (Å²) in [7, 11) is 0. The molecule has 0 aromatic heterocycles. The monoisotopic (exact) mass is 120 g/mol. The van der Waals surface area contributed by atoms with Crippen LogP contribution in [0.15, 0.2) is 36.4 Å². The van der Waals surface area contributed by atoms with Gasteiger partial charge in [-0.3, -0.25) is 0 Å². The van der Waals surface area contributed by atoms with Gasteiger partial charge in [-0.2, -0.15) is 0 Å². The van der Waals surface area contributed by atoms with Gasteiger partial charge in [0.25, 0.3) is 0 Å². The summed E-state index contributed by atoms with van der Waals surface area (Å²) < 4.78 is 0. The average Bonchev–Trinajstić information content (AvgIpc) is 1.72. The zero-order valence-corrected chi connectivity index (χ0v) is 5.41. The van der Waals surface area contributed by atoms with Gasteiger partial charge in [0.05, 0.1) is 0 Å². The van der Waals surface area contributed by atoms with Crippen molar-refractivity contribution in [3.8, 4) is 0 Å². The zero-order chi connectivity index (χ0) is 4.24. The van der Waals surface area contributed by atoms with Gasteiger partial charge >= 0.3 is 0 Å². The lowest BCUT2D eigenvalue weighted by Crippen LogP contribution is -1.47. The summed E-state index contributed by atoms with van der Waals surface area (Å²) in [4.78, 5) is 0. The summed E-state index contributed by atoms with van der Waals surface area (Å²) in [5.74, 6) is 0. The van der Waals surface area contributed by atoms with Crippen LogP contribution >= 0.6 is 0 Å². The lowest BCUT2D eigenvalue weighted by molar-refractivity contribution is 1.72. The van der Waals surface area contributed by atoms with Crippen molar-refractivity contribution in [3.05, 3.63) is 36.4 Å². The molecule has 1 aromatic rings. The third-order valence-electron chi connectivity index (χ3n) is 0.667. The Bertz CT molecular complexity index is 80.5. The van der Waals surface area contributed by atoms with Crippen LogP contribution in [0.3, 0.4) is 0 Å². The maximum atomic E-state index is 2.00. The summed E-state index contributed by atoms with van der Waals surface area (Å²) in [6.07, 6.45) is 0. The van der Waals surface area contributed by atoms with Crippen molar-refractivity contribution in [2.75, 3.05) is 0 Å². The fourth-order valence-corrected chi connectivity index (χ4v) is 0.385. The fourth-order valence-electron chi connectivity index (χ4n) is 0.385. The van der Waals surface area contributed by atoms with E-state index in [1.165, 1.54) is 0 Å². The first-order valence-electron chi connectivity index (χ1n) is 2.00. The van der Waals surface area contributed by atoms with Gasteiger partial charge in [-0.15, -0.1) is 0 Å². The molecule has 0 aliphatic carbocycles. The molecule has 0 atom stereocenters. The molecular formula is C6H6NSi. The first-order chi connectivity index (χ1) is 3.00. The predicted octanol–water partition coefficient (Wildman–Crippen LogP) is 0.825. The van der Waals surface area contributed by atoms with Gasteiger partial charge in [0.15, 0.2) is 0 Å². The molecule has 0 N–H and O–H groups in total. The molecule has 2 heteroatoms. The van der Waals surface area contributed by atoms with Gasteiger partial charge in [0.1, 0.15) is 0 Å². The van der Waals surface area contributed by atoms with Crippen LogP contribution in [0.5, 0.6) is 0 Å². The Kier molecular flexibility index (Phi) is 8.31. The molecule has 1 rings (SSSR count). The third-order valence-corrected chi connectivity index (χ3v) is 0.667. The largest absolute Gasteiger partial charge is 0.0623 e. The molecule has 0 bridgehead atoms. The Morgan fingerprint density at radius 3 is 0.750 bits per heavy atom. The summed E-state index contributed by atoms with van der Waals surface area (Å²) >= 11 is 0. The summed E-state index contributed by atoms with van der Waals surface area (Å²) in [5.41, 5.74) is 0. The molecule has 0 saturated heterocycles. The van der Waals surface area contributed by atoms with Gasteiger partial charge in [-0.1, -0.05) is 36.4 Å². The average molecular weight is 120 g/mol. The molecule has 0 spiro atoms. The van der Waals surface area contributed by atoms with Crippen molar-refractivity contribution in [3.63, 3.8) is 0 Å². The first-order valence-corrected chi connectivity index (χ1v) is 2.00. The van der Waals surface area contributed by atoms with E-state index in [1.807, 2.05) is 36.4 Å². The highest BCUT2D eigenvalue weighted by Gasteiger charge is 1.57. The quantitative estimate of drug-likeness (QED) is 0.454. The van der Waals surface area contributed by atoms with Gasteiger partial charge in [0, 0.05) is 17.1 Å². The van der Waals surface area contributed by atoms with Crippen LogP contribution in [-0.2, 0) is 0 Å². The first kappa shape index (κ1) is 10.4. The molecule has 0 unspecified atom stereocenters. The minimum absolute atomic E-state index is 0. The SMILES string of the molecule is [N].[Si].c1ccccc1. The van der Waals surface area contributed by atoms with E-state index in [0.29, 0.717) is 0 Å². The molecule has 0 aliphatic heterocycles. The normalized spacial score (nSPS) is 6.00. The molecule has 39 valence electrons. The molecule has 0 saturated carbocycles. The van der Waals surface area contributed by atoms with Crippen molar-refractivity contribution in [2.24, 2.45) is 0 Å². The van der Waals surface area contributed by atoms with E-state index in [0.717, 1.165) is 0 Å². The van der Waals surface area contributed by atoms with Crippen LogP contribution in [0.2, 0.25) is 0 Å². The number of rotatable bonds is 0. The Labute approximate surface area is 54.3 Å². The number of hydrogen-bond acceptors (Lipinski definition) is 0. The fraction of sp³-hybridized carbons (Fsp3) is 0. The van der Waals surface area contributed by atoms with E-state index in [2.05, 4.69) is 0 Å². The van der Waals surface area contributed by atoms with Crippen LogP contribution in [-0.4, -0.2) is 11.0 Å². The summed E-state index contributed by atoms with van der Waals surface area (Å²) in [6.45, 7) is 0. The highest BCUT2D eigenvalue weighted by atomic mass is 28.1. The minimum atomic E-state index is 0. The lowest BCUT2D eigenvalue weighted by Gasteiger charge is -1.69. The van der Waals surface area contributed by atoms with Crippen LogP contribution in [0.25, 0.3) is 0 Å². The van der Waals surface area contributed by atoms with E-state index in [4.69, 9.17) is 0 Å². The highest BCUT2D eigenvalue weighted by Crippen LogP contribution is 1.79. The maximum Gasteiger partial charge on any atom is 0 e. The molecule has 0 heterocycles. The van der Waals surface area contributed by atoms with Gasteiger partial charge in [-0.25, -0.2) is 0 Å². The molecular weight excluding hydrogens is 114 g/mol. The zero-order valence-electron chi connectivity index (χ0n) is 4.41. The standard InChI is InChI=1S/C6H6.N.Si/c1-2-4-6-5-3-1;;/h1-6H;;. The number of benzene rings is 1. The van der Waals surface area contributed by atoms with E-state index >= 15 is 0 Å². The second-order valence-corrected chi connectivity index (χ2v) is 1.15. The Morgan fingerprint density at radius 1 is 0.500 bits per heavy atom. The van der Waals surface area contributed by atoms with Crippen LogP contribution in [0.1, 0.15) is 0 Å². The summed E-state index contributed by atoms with van der Waals surface area (Å²) in [6, 6.07) is 12.0. The highest BCUT2D eigenvalue weighted by molar-refractivity contribution is 5.75. The minimum Gasteiger partial charge on any atom is -0.0623 e. The third kappa shape index (κ3) is 3.58. The van der Waals surface area contributed by atoms with Crippen molar-refractivity contribution >= 4 is 11.0 Å². The van der Waals surface area contributed by atoms with Crippen molar-refractivity contribution in [1.29, 1.82) is 0 Å². The lowest BCUT2D eigenvalue weighted by atomic mass is 10.4. The molecule has 1 aromatic carbocycles. The predicted molar refractivity (Wildman–Crippen MR) is 34.3 cm³/mol. The van der Waals surface area contributed by atoms with Crippen molar-refractivity contribution in [2.45, 2.75) is 0 Å². The van der Waals surface area contributed by atoms with Gasteiger partial charge < -0.3 is 0 Å². The molecule has 0 fully saturated rings. The molecule has 1 nitrogen and oxygen atoms in total. The van der Waals surface area contributed by atoms with E-state index in [-0.39, 0.29) is 17.1 Å². The van der Waals surface area contributed by atoms with Crippen LogP contribution in [0, 0.1) is 0 Å². The second-order valence-electron chi connectivity index (χ2n) is 1.15. The van der Waals surface area contributed by atoms with Crippen LogP contribution in [0.4, 0.5) is 0 Å². The summed E-state index contributed by atoms with van der Waals surface area (Å²) in [5, 5.41) is 0. The molecule has 0 amide bonds. The van der Waals surface area contributed by atoms with E-state index in [1.54, 1.807) is 0 Å². The Balaban J connectivity index is 0. The van der Waals surface area contributed by atoms with E-state index < -0.39 is 0 Å². The number of nitrogens with zero attached hydrogens (tertiary/aromatic N) is 1. The molecule has 0 aliphatic rings. The van der Waals surface area contributed by atoms with Crippen LogP contribution < -0.4 is 6.15 Å². The van der Waals surface area contributed by atoms with Crippen molar-refractivity contribution < 1.29 is 0 Å². The molecule has 7 radical (unpaired) electrons. The topological polar surface area (TPSA) is 30.5 Å². The Morgan fingerprint density at radius 2 is 0.625 bits per heavy atom. The van der Waals surface area contributed by atoms with Crippen molar-refractivity contribution in [1.82, 2.24) is 6.15 Å². The molecule has 8 heavy (non-hydrogen) atoms.